The normalized spacial score (nSPS) is 32.3. The Morgan fingerprint density at radius 3 is 2.70 bits per heavy atom. The lowest BCUT2D eigenvalue weighted by Crippen LogP contribution is -2.59. The van der Waals surface area contributed by atoms with E-state index >= 15 is 0 Å². The molecule has 3 saturated heterocycles. The molecule has 0 spiro atoms. The monoisotopic (exact) mass is 314 g/mol. The van der Waals surface area contributed by atoms with Gasteiger partial charge in [-0.3, -0.25) is 0 Å². The Morgan fingerprint density at radius 2 is 2.00 bits per heavy atom. The number of carbonyl (C=O) groups is 1. The largest absolute Gasteiger partial charge is 0.465 e. The Hall–Kier alpha value is -1.55. The standard InChI is InChI=1S/C19H26N2O2/c22-19(23)21(18-13-20-10-8-15(18)9-11-20)12-16-6-3-5-14-4-1-2-7-17(14)16/h1-2,4,7,15-16,18H,3,5-6,8-13H2,(H,22,23)/t16-,18-/m1/s1. The molecule has 4 heteroatoms. The van der Waals surface area contributed by atoms with Gasteiger partial charge in [0.1, 0.15) is 0 Å². The van der Waals surface area contributed by atoms with Gasteiger partial charge in [0.15, 0.2) is 0 Å². The number of hydrogen-bond acceptors (Lipinski definition) is 2. The first kappa shape index (κ1) is 15.0. The van der Waals surface area contributed by atoms with Crippen LogP contribution in [0.3, 0.4) is 0 Å². The van der Waals surface area contributed by atoms with E-state index in [0.717, 1.165) is 45.3 Å². The molecule has 124 valence electrons. The minimum Gasteiger partial charge on any atom is -0.465 e. The Balaban J connectivity index is 1.55. The highest BCUT2D eigenvalue weighted by Crippen LogP contribution is 2.36. The van der Waals surface area contributed by atoms with Gasteiger partial charge in [0.25, 0.3) is 0 Å². The highest BCUT2D eigenvalue weighted by Gasteiger charge is 2.40. The second-order valence-electron chi connectivity index (χ2n) is 7.43. The quantitative estimate of drug-likeness (QED) is 0.932. The van der Waals surface area contributed by atoms with E-state index in [1.807, 2.05) is 0 Å². The van der Waals surface area contributed by atoms with Crippen LogP contribution in [0.2, 0.25) is 0 Å². The lowest BCUT2D eigenvalue weighted by Gasteiger charge is -2.49. The summed E-state index contributed by atoms with van der Waals surface area (Å²) in [6, 6.07) is 8.81. The van der Waals surface area contributed by atoms with Gasteiger partial charge in [-0.1, -0.05) is 24.3 Å². The van der Waals surface area contributed by atoms with Crippen molar-refractivity contribution in [2.45, 2.75) is 44.1 Å². The molecule has 2 atom stereocenters. The summed E-state index contributed by atoms with van der Waals surface area (Å²) >= 11 is 0. The van der Waals surface area contributed by atoms with Crippen LogP contribution in [0.1, 0.15) is 42.7 Å². The molecular formula is C19H26N2O2. The van der Waals surface area contributed by atoms with E-state index in [4.69, 9.17) is 0 Å². The van der Waals surface area contributed by atoms with Gasteiger partial charge in [-0.25, -0.2) is 4.79 Å². The van der Waals surface area contributed by atoms with Crippen molar-refractivity contribution in [2.75, 3.05) is 26.2 Å². The fraction of sp³-hybridized carbons (Fsp3) is 0.632. The SMILES string of the molecule is O=C(O)N(C[C@H]1CCCc2ccccc21)[C@@H]1CN2CCC1CC2. The maximum Gasteiger partial charge on any atom is 0.407 e. The van der Waals surface area contributed by atoms with Crippen molar-refractivity contribution in [3.05, 3.63) is 35.4 Å². The van der Waals surface area contributed by atoms with E-state index in [-0.39, 0.29) is 6.04 Å². The predicted octanol–water partition coefficient (Wildman–Crippen LogP) is 3.18. The molecule has 3 fully saturated rings. The molecular weight excluding hydrogens is 288 g/mol. The number of fused-ring (bicyclic) bond motifs is 4. The molecule has 2 bridgehead atoms. The van der Waals surface area contributed by atoms with Gasteiger partial charge in [-0.2, -0.15) is 0 Å². The lowest BCUT2D eigenvalue weighted by atomic mass is 9.80. The first-order valence-corrected chi connectivity index (χ1v) is 9.02. The van der Waals surface area contributed by atoms with Crippen LogP contribution < -0.4 is 0 Å². The van der Waals surface area contributed by atoms with Crippen molar-refractivity contribution in [3.63, 3.8) is 0 Å². The number of nitrogens with zero attached hydrogens (tertiary/aromatic N) is 2. The van der Waals surface area contributed by atoms with Crippen molar-refractivity contribution >= 4 is 6.09 Å². The summed E-state index contributed by atoms with van der Waals surface area (Å²) in [5.41, 5.74) is 2.80. The third-order valence-electron chi connectivity index (χ3n) is 6.18. The zero-order chi connectivity index (χ0) is 15.8. The number of hydrogen-bond donors (Lipinski definition) is 1. The Labute approximate surface area is 138 Å². The second kappa shape index (κ2) is 6.16. The van der Waals surface area contributed by atoms with Crippen LogP contribution in [-0.4, -0.2) is 53.2 Å². The molecule has 1 aromatic rings. The topological polar surface area (TPSA) is 43.8 Å². The van der Waals surface area contributed by atoms with Crippen molar-refractivity contribution in [2.24, 2.45) is 5.92 Å². The van der Waals surface area contributed by atoms with E-state index in [9.17, 15) is 9.90 Å². The number of aryl methyl sites for hydroxylation is 1. The van der Waals surface area contributed by atoms with E-state index in [0.29, 0.717) is 18.4 Å². The number of carboxylic acid groups (broad SMARTS) is 1. The van der Waals surface area contributed by atoms with Crippen LogP contribution >= 0.6 is 0 Å². The van der Waals surface area contributed by atoms with E-state index in [2.05, 4.69) is 29.2 Å². The molecule has 3 aliphatic heterocycles. The predicted molar refractivity (Wildman–Crippen MR) is 89.8 cm³/mol. The molecule has 4 nitrogen and oxygen atoms in total. The van der Waals surface area contributed by atoms with E-state index in [1.165, 1.54) is 17.5 Å². The molecule has 1 aromatic carbocycles. The highest BCUT2D eigenvalue weighted by atomic mass is 16.4. The van der Waals surface area contributed by atoms with E-state index in [1.54, 1.807) is 4.90 Å². The van der Waals surface area contributed by atoms with Gasteiger partial charge >= 0.3 is 6.09 Å². The molecule has 1 amide bonds. The minimum atomic E-state index is -0.730. The Kier molecular flexibility index (Phi) is 4.02. The molecule has 1 N–H and O–H groups in total. The Morgan fingerprint density at radius 1 is 1.22 bits per heavy atom. The van der Waals surface area contributed by atoms with Gasteiger partial charge in [0, 0.05) is 19.0 Å². The molecule has 1 aliphatic carbocycles. The average molecular weight is 314 g/mol. The number of rotatable bonds is 3. The zero-order valence-corrected chi connectivity index (χ0v) is 13.7. The molecule has 5 rings (SSSR count). The summed E-state index contributed by atoms with van der Waals surface area (Å²) in [5.74, 6) is 0.932. The first-order valence-electron chi connectivity index (χ1n) is 9.02. The van der Waals surface area contributed by atoms with Crippen LogP contribution in [0.15, 0.2) is 24.3 Å². The summed E-state index contributed by atoms with van der Waals surface area (Å²) in [4.78, 5) is 16.2. The van der Waals surface area contributed by atoms with Crippen LogP contribution in [0.4, 0.5) is 4.79 Å². The average Bonchev–Trinajstić information content (AvgIpc) is 2.60. The summed E-state index contributed by atoms with van der Waals surface area (Å²) in [5, 5.41) is 9.84. The molecule has 0 aromatic heterocycles. The van der Waals surface area contributed by atoms with Crippen LogP contribution in [-0.2, 0) is 6.42 Å². The van der Waals surface area contributed by atoms with Crippen LogP contribution in [0.5, 0.6) is 0 Å². The Bertz CT molecular complexity index is 580. The summed E-state index contributed by atoms with van der Waals surface area (Å²) < 4.78 is 0. The smallest absolute Gasteiger partial charge is 0.407 e. The van der Waals surface area contributed by atoms with Gasteiger partial charge < -0.3 is 14.9 Å². The first-order chi connectivity index (χ1) is 11.2. The maximum absolute atomic E-state index is 12.0. The summed E-state index contributed by atoms with van der Waals surface area (Å²) in [6.45, 7) is 3.91. The maximum atomic E-state index is 12.0. The van der Waals surface area contributed by atoms with Gasteiger partial charge in [-0.05, 0) is 62.2 Å². The zero-order valence-electron chi connectivity index (χ0n) is 13.7. The number of piperidine rings is 3. The summed E-state index contributed by atoms with van der Waals surface area (Å²) in [7, 11) is 0. The van der Waals surface area contributed by atoms with Crippen molar-refractivity contribution in [3.8, 4) is 0 Å². The number of amides is 1. The fourth-order valence-corrected chi connectivity index (χ4v) is 4.92. The van der Waals surface area contributed by atoms with Gasteiger partial charge in [0.05, 0.1) is 6.04 Å². The summed E-state index contributed by atoms with van der Waals surface area (Å²) in [6.07, 6.45) is 5.02. The van der Waals surface area contributed by atoms with Crippen LogP contribution in [0, 0.1) is 5.92 Å². The molecule has 4 aliphatic rings. The third-order valence-corrected chi connectivity index (χ3v) is 6.18. The molecule has 0 saturated carbocycles. The van der Waals surface area contributed by atoms with Crippen molar-refractivity contribution < 1.29 is 9.90 Å². The highest BCUT2D eigenvalue weighted by molar-refractivity contribution is 5.65. The molecule has 3 heterocycles. The molecule has 23 heavy (non-hydrogen) atoms. The van der Waals surface area contributed by atoms with Crippen LogP contribution in [0.25, 0.3) is 0 Å². The lowest BCUT2D eigenvalue weighted by molar-refractivity contribution is 0.00772. The van der Waals surface area contributed by atoms with Gasteiger partial charge in [0.2, 0.25) is 0 Å². The van der Waals surface area contributed by atoms with Crippen molar-refractivity contribution in [1.29, 1.82) is 0 Å². The van der Waals surface area contributed by atoms with Crippen molar-refractivity contribution in [1.82, 2.24) is 9.80 Å². The number of benzene rings is 1. The second-order valence-corrected chi connectivity index (χ2v) is 7.43. The fourth-order valence-electron chi connectivity index (χ4n) is 4.92. The van der Waals surface area contributed by atoms with E-state index < -0.39 is 6.09 Å². The minimum absolute atomic E-state index is 0.198. The van der Waals surface area contributed by atoms with Gasteiger partial charge in [-0.15, -0.1) is 0 Å². The third kappa shape index (κ3) is 2.85. The molecule has 0 radical (unpaired) electrons. The molecule has 0 unspecified atom stereocenters.